The van der Waals surface area contributed by atoms with Crippen LogP contribution >= 0.6 is 0 Å². The van der Waals surface area contributed by atoms with E-state index >= 15 is 0 Å². The number of carbonyl (C=O) groups excluding carboxylic acids is 3. The average molecular weight is 487 g/mol. The highest BCUT2D eigenvalue weighted by atomic mass is 32.2. The molecule has 0 aromatic heterocycles. The van der Waals surface area contributed by atoms with Gasteiger partial charge in [-0.1, -0.05) is 37.3 Å². The third-order valence-electron chi connectivity index (χ3n) is 6.05. The molecule has 11 heteroatoms. The van der Waals surface area contributed by atoms with Gasteiger partial charge in [-0.25, -0.2) is 17.9 Å². The molecule has 2 aromatic rings. The van der Waals surface area contributed by atoms with Crippen molar-refractivity contribution in [1.82, 2.24) is 20.5 Å². The van der Waals surface area contributed by atoms with Crippen molar-refractivity contribution in [3.8, 4) is 0 Å². The Hall–Kier alpha value is -3.28. The summed E-state index contributed by atoms with van der Waals surface area (Å²) in [6.07, 6.45) is 1.85. The smallest absolute Gasteiger partial charge is 0.344 e. The maximum atomic E-state index is 13.1. The predicted octanol–water partition coefficient (Wildman–Crippen LogP) is 1.65. The largest absolute Gasteiger partial charge is 0.377 e. The second kappa shape index (κ2) is 9.53. The fraction of sp³-hybridized carbons (Fsp3) is 0.348. The number of nitrogens with one attached hydrogen (secondary N) is 3. The van der Waals surface area contributed by atoms with E-state index in [0.29, 0.717) is 23.6 Å². The maximum Gasteiger partial charge on any atom is 0.344 e. The molecule has 180 valence electrons. The molecule has 2 aliphatic rings. The zero-order chi connectivity index (χ0) is 24.3. The number of rotatable bonds is 8. The van der Waals surface area contributed by atoms with E-state index in [-0.39, 0.29) is 23.1 Å². The zero-order valence-electron chi connectivity index (χ0n) is 18.6. The Morgan fingerprint density at radius 2 is 1.85 bits per heavy atom. The molecular formula is C23H26N4O6S. The van der Waals surface area contributed by atoms with Crippen molar-refractivity contribution < 1.29 is 27.5 Å². The molecule has 10 nitrogen and oxygen atoms in total. The summed E-state index contributed by atoms with van der Waals surface area (Å²) in [5.41, 5.74) is 1.74. The van der Waals surface area contributed by atoms with Crippen molar-refractivity contribution >= 4 is 27.9 Å². The molecule has 2 aliphatic heterocycles. The molecular weight excluding hydrogens is 460 g/mol. The van der Waals surface area contributed by atoms with Crippen molar-refractivity contribution in [3.63, 3.8) is 0 Å². The van der Waals surface area contributed by atoms with Crippen molar-refractivity contribution in [2.24, 2.45) is 0 Å². The van der Waals surface area contributed by atoms with E-state index in [0.717, 1.165) is 12.8 Å². The lowest BCUT2D eigenvalue weighted by molar-refractivity contribution is -0.133. The summed E-state index contributed by atoms with van der Waals surface area (Å²) in [4.78, 5) is 38.4. The van der Waals surface area contributed by atoms with E-state index in [2.05, 4.69) is 15.5 Å². The lowest BCUT2D eigenvalue weighted by atomic mass is 9.87. The van der Waals surface area contributed by atoms with Gasteiger partial charge in [-0.15, -0.1) is 0 Å². The van der Waals surface area contributed by atoms with Gasteiger partial charge >= 0.3 is 6.03 Å². The second-order valence-corrected chi connectivity index (χ2v) is 9.91. The number of urea groups is 1. The van der Waals surface area contributed by atoms with Crippen LogP contribution in [0, 0.1) is 0 Å². The van der Waals surface area contributed by atoms with E-state index in [1.807, 2.05) is 0 Å². The maximum absolute atomic E-state index is 13.1. The standard InChI is InChI=1S/C23H26N4O6S/c1-2-23(17-7-4-3-5-8-17)21(29)27(22(30)25-23)26-20(28)16-10-12-19(13-11-16)34(31,32)24-15-18-9-6-14-33-18/h3-5,7-8,10-13,18,24H,2,6,9,14-15H2,1H3,(H,25,30)(H,26,28)/t18-,23+/m1/s1. The number of nitrogens with zero attached hydrogens (tertiary/aromatic N) is 1. The number of benzene rings is 2. The van der Waals surface area contributed by atoms with Gasteiger partial charge in [0.25, 0.3) is 11.8 Å². The quantitative estimate of drug-likeness (QED) is 0.486. The molecule has 2 atom stereocenters. The van der Waals surface area contributed by atoms with Crippen LogP contribution in [0.15, 0.2) is 59.5 Å². The lowest BCUT2D eigenvalue weighted by Gasteiger charge is -2.25. The Morgan fingerprint density at radius 1 is 1.15 bits per heavy atom. The van der Waals surface area contributed by atoms with Crippen LogP contribution in [0.25, 0.3) is 0 Å². The van der Waals surface area contributed by atoms with E-state index < -0.39 is 33.4 Å². The number of hydrogen-bond donors (Lipinski definition) is 3. The van der Waals surface area contributed by atoms with Gasteiger partial charge in [-0.05, 0) is 49.1 Å². The number of imide groups is 1. The van der Waals surface area contributed by atoms with Gasteiger partial charge in [0.05, 0.1) is 11.0 Å². The SMILES string of the molecule is CC[C@@]1(c2ccccc2)NC(=O)N(NC(=O)c2ccc(S(=O)(=O)NC[C@H]3CCCO3)cc2)C1=O. The highest BCUT2D eigenvalue weighted by Crippen LogP contribution is 2.31. The third kappa shape index (κ3) is 4.54. The van der Waals surface area contributed by atoms with Gasteiger partial charge in [0.1, 0.15) is 5.54 Å². The van der Waals surface area contributed by atoms with Crippen LogP contribution in [0.3, 0.4) is 0 Å². The second-order valence-electron chi connectivity index (χ2n) is 8.15. The van der Waals surface area contributed by atoms with Gasteiger partial charge in [-0.2, -0.15) is 5.01 Å². The Morgan fingerprint density at radius 3 is 2.47 bits per heavy atom. The molecule has 2 fully saturated rings. The number of ether oxygens (including phenoxy) is 1. The molecule has 0 unspecified atom stereocenters. The van der Waals surface area contributed by atoms with Crippen LogP contribution in [0.5, 0.6) is 0 Å². The Bertz CT molecular complexity index is 1180. The number of sulfonamides is 1. The summed E-state index contributed by atoms with van der Waals surface area (Å²) in [6.45, 7) is 2.57. The first-order valence-corrected chi connectivity index (χ1v) is 12.5. The fourth-order valence-corrected chi connectivity index (χ4v) is 5.15. The highest BCUT2D eigenvalue weighted by Gasteiger charge is 2.52. The van der Waals surface area contributed by atoms with Crippen molar-refractivity contribution in [1.29, 1.82) is 0 Å². The minimum atomic E-state index is -3.77. The lowest BCUT2D eigenvalue weighted by Crippen LogP contribution is -2.48. The topological polar surface area (TPSA) is 134 Å². The first-order valence-electron chi connectivity index (χ1n) is 11.0. The Balaban J connectivity index is 1.44. The average Bonchev–Trinajstić information content (AvgIpc) is 3.46. The summed E-state index contributed by atoms with van der Waals surface area (Å²) < 4.78 is 32.9. The summed E-state index contributed by atoms with van der Waals surface area (Å²) >= 11 is 0. The van der Waals surface area contributed by atoms with E-state index in [1.54, 1.807) is 37.3 Å². The van der Waals surface area contributed by atoms with Crippen LogP contribution in [0.1, 0.15) is 42.1 Å². The molecule has 0 radical (unpaired) electrons. The summed E-state index contributed by atoms with van der Waals surface area (Å²) in [7, 11) is -3.77. The third-order valence-corrected chi connectivity index (χ3v) is 7.49. The highest BCUT2D eigenvalue weighted by molar-refractivity contribution is 7.89. The van der Waals surface area contributed by atoms with Crippen molar-refractivity contribution in [2.75, 3.05) is 13.2 Å². The molecule has 0 aliphatic carbocycles. The monoisotopic (exact) mass is 486 g/mol. The molecule has 3 N–H and O–H groups in total. The van der Waals surface area contributed by atoms with Gasteiger partial charge in [-0.3, -0.25) is 15.0 Å². The Kier molecular flexibility index (Phi) is 6.69. The number of amides is 4. The number of carbonyl (C=O) groups is 3. The van der Waals surface area contributed by atoms with Gasteiger partial charge in [0.2, 0.25) is 10.0 Å². The van der Waals surface area contributed by atoms with Crippen LogP contribution in [-0.2, 0) is 25.1 Å². The predicted molar refractivity (Wildman–Crippen MR) is 122 cm³/mol. The summed E-state index contributed by atoms with van der Waals surface area (Å²) in [6, 6.07) is 13.3. The molecule has 2 heterocycles. The van der Waals surface area contributed by atoms with E-state index in [1.165, 1.54) is 24.3 Å². The normalized spacial score (nSPS) is 22.6. The van der Waals surface area contributed by atoms with Crippen molar-refractivity contribution in [3.05, 3.63) is 65.7 Å². The van der Waals surface area contributed by atoms with Crippen LogP contribution in [0.4, 0.5) is 4.79 Å². The first-order chi connectivity index (χ1) is 16.3. The number of hydrazine groups is 1. The molecule has 0 bridgehead atoms. The first kappa shape index (κ1) is 23.9. The summed E-state index contributed by atoms with van der Waals surface area (Å²) in [5.74, 6) is -1.32. The van der Waals surface area contributed by atoms with Crippen molar-refractivity contribution in [2.45, 2.75) is 42.7 Å². The minimum Gasteiger partial charge on any atom is -0.377 e. The molecule has 2 saturated heterocycles. The molecule has 0 saturated carbocycles. The van der Waals surface area contributed by atoms with Gasteiger partial charge < -0.3 is 10.1 Å². The van der Waals surface area contributed by atoms with Gasteiger partial charge in [0, 0.05) is 18.7 Å². The van der Waals surface area contributed by atoms with E-state index in [4.69, 9.17) is 4.74 Å². The molecule has 2 aromatic carbocycles. The molecule has 0 spiro atoms. The minimum absolute atomic E-state index is 0.00823. The fourth-order valence-electron chi connectivity index (χ4n) is 4.08. The number of hydrogen-bond acceptors (Lipinski definition) is 6. The van der Waals surface area contributed by atoms with Gasteiger partial charge in [0.15, 0.2) is 0 Å². The molecule has 4 rings (SSSR count). The van der Waals surface area contributed by atoms with E-state index in [9.17, 15) is 22.8 Å². The summed E-state index contributed by atoms with van der Waals surface area (Å²) in [5, 5.41) is 3.34. The van der Waals surface area contributed by atoms with Crippen LogP contribution in [-0.4, -0.2) is 50.5 Å². The molecule has 4 amide bonds. The van der Waals surface area contributed by atoms with Crippen LogP contribution in [0.2, 0.25) is 0 Å². The van der Waals surface area contributed by atoms with Crippen LogP contribution < -0.4 is 15.5 Å². The Labute approximate surface area is 197 Å². The zero-order valence-corrected chi connectivity index (χ0v) is 19.4. The molecule has 34 heavy (non-hydrogen) atoms.